The Morgan fingerprint density at radius 2 is 2.25 bits per heavy atom. The zero-order chi connectivity index (χ0) is 11.8. The molecule has 0 spiro atoms. The number of hydrogen-bond acceptors (Lipinski definition) is 3. The third kappa shape index (κ3) is 5.83. The van der Waals surface area contributed by atoms with E-state index in [1.165, 1.54) is 13.0 Å². The van der Waals surface area contributed by atoms with Crippen molar-refractivity contribution in [3.8, 4) is 0 Å². The third-order valence-electron chi connectivity index (χ3n) is 2.79. The molecule has 1 fully saturated rings. The Bertz CT molecular complexity index is 173. The van der Waals surface area contributed by atoms with Crippen LogP contribution in [0.3, 0.4) is 0 Å². The number of morpholine rings is 1. The van der Waals surface area contributed by atoms with E-state index in [0.29, 0.717) is 0 Å². The Kier molecular flexibility index (Phi) is 7.01. The van der Waals surface area contributed by atoms with Crippen molar-refractivity contribution < 1.29 is 9.47 Å². The van der Waals surface area contributed by atoms with E-state index >= 15 is 0 Å². The molecule has 1 atom stereocenters. The van der Waals surface area contributed by atoms with Crippen LogP contribution < -0.4 is 0 Å². The van der Waals surface area contributed by atoms with Gasteiger partial charge in [-0.05, 0) is 12.3 Å². The first-order chi connectivity index (χ1) is 7.72. The molecule has 1 aliphatic heterocycles. The van der Waals surface area contributed by atoms with Gasteiger partial charge in [-0.1, -0.05) is 27.2 Å². The molecule has 16 heavy (non-hydrogen) atoms. The topological polar surface area (TPSA) is 21.7 Å². The van der Waals surface area contributed by atoms with Gasteiger partial charge >= 0.3 is 0 Å². The molecular weight excluding hydrogens is 202 g/mol. The smallest absolute Gasteiger partial charge is 0.0935 e. The number of hydrogen-bond donors (Lipinski definition) is 0. The lowest BCUT2D eigenvalue weighted by atomic mass is 10.2. The van der Waals surface area contributed by atoms with Crippen LogP contribution in [0.2, 0.25) is 0 Å². The van der Waals surface area contributed by atoms with E-state index in [-0.39, 0.29) is 6.10 Å². The van der Waals surface area contributed by atoms with Gasteiger partial charge in [-0.3, -0.25) is 4.90 Å². The minimum atomic E-state index is 0.282. The zero-order valence-corrected chi connectivity index (χ0v) is 11.1. The second-order valence-corrected chi connectivity index (χ2v) is 5.07. The highest BCUT2D eigenvalue weighted by atomic mass is 16.5. The van der Waals surface area contributed by atoms with Crippen LogP contribution in [0.1, 0.15) is 33.6 Å². The number of nitrogens with zero attached hydrogens (tertiary/aromatic N) is 1. The first-order valence-electron chi connectivity index (χ1n) is 6.64. The maximum absolute atomic E-state index is 5.70. The van der Waals surface area contributed by atoms with Crippen molar-refractivity contribution in [2.24, 2.45) is 5.92 Å². The molecule has 96 valence electrons. The van der Waals surface area contributed by atoms with Gasteiger partial charge in [0.15, 0.2) is 0 Å². The summed E-state index contributed by atoms with van der Waals surface area (Å²) in [5, 5.41) is 0. The summed E-state index contributed by atoms with van der Waals surface area (Å²) in [7, 11) is 0. The van der Waals surface area contributed by atoms with E-state index in [2.05, 4.69) is 25.7 Å². The van der Waals surface area contributed by atoms with Crippen molar-refractivity contribution in [3.05, 3.63) is 0 Å². The van der Waals surface area contributed by atoms with Gasteiger partial charge in [0, 0.05) is 26.2 Å². The Morgan fingerprint density at radius 3 is 2.94 bits per heavy atom. The molecule has 3 heteroatoms. The largest absolute Gasteiger partial charge is 0.379 e. The molecule has 0 saturated carbocycles. The normalized spacial score (nSPS) is 22.9. The first kappa shape index (κ1) is 13.9. The van der Waals surface area contributed by atoms with Crippen LogP contribution >= 0.6 is 0 Å². The summed E-state index contributed by atoms with van der Waals surface area (Å²) in [5.74, 6) is 0.736. The molecule has 0 amide bonds. The molecular formula is C13H27NO2. The highest BCUT2D eigenvalue weighted by Crippen LogP contribution is 2.08. The van der Waals surface area contributed by atoms with Gasteiger partial charge in [-0.15, -0.1) is 0 Å². The molecule has 0 radical (unpaired) electrons. The molecule has 0 bridgehead atoms. The second kappa shape index (κ2) is 8.04. The van der Waals surface area contributed by atoms with Gasteiger partial charge in [0.2, 0.25) is 0 Å². The van der Waals surface area contributed by atoms with Gasteiger partial charge in [0.1, 0.15) is 0 Å². The number of rotatable bonds is 7. The Hall–Kier alpha value is -0.120. The molecule has 1 rings (SSSR count). The molecule has 3 nitrogen and oxygen atoms in total. The van der Waals surface area contributed by atoms with Crippen LogP contribution in [0.25, 0.3) is 0 Å². The maximum Gasteiger partial charge on any atom is 0.0935 e. The second-order valence-electron chi connectivity index (χ2n) is 5.07. The monoisotopic (exact) mass is 229 g/mol. The average molecular weight is 229 g/mol. The zero-order valence-electron chi connectivity index (χ0n) is 11.1. The van der Waals surface area contributed by atoms with Gasteiger partial charge in [0.05, 0.1) is 19.3 Å². The van der Waals surface area contributed by atoms with Crippen LogP contribution in [-0.2, 0) is 9.47 Å². The summed E-state index contributed by atoms with van der Waals surface area (Å²) in [6, 6.07) is 0. The molecule has 1 heterocycles. The molecule has 0 aromatic carbocycles. The van der Waals surface area contributed by atoms with Crippen LogP contribution in [0, 0.1) is 5.92 Å². The summed E-state index contributed by atoms with van der Waals surface area (Å²) < 4.78 is 11.3. The van der Waals surface area contributed by atoms with Crippen LogP contribution in [0.15, 0.2) is 0 Å². The quantitative estimate of drug-likeness (QED) is 0.624. The van der Waals surface area contributed by atoms with Gasteiger partial charge in [-0.25, -0.2) is 0 Å². The van der Waals surface area contributed by atoms with E-state index in [1.807, 2.05) is 0 Å². The molecule has 0 unspecified atom stereocenters. The Labute approximate surface area is 100 Å². The number of unbranched alkanes of at least 4 members (excludes halogenated alkanes) is 1. The Balaban J connectivity index is 2.12. The van der Waals surface area contributed by atoms with E-state index in [0.717, 1.165) is 45.2 Å². The van der Waals surface area contributed by atoms with Crippen molar-refractivity contribution in [2.75, 3.05) is 39.5 Å². The lowest BCUT2D eigenvalue weighted by Crippen LogP contribution is -2.45. The van der Waals surface area contributed by atoms with Gasteiger partial charge in [-0.2, -0.15) is 0 Å². The summed E-state index contributed by atoms with van der Waals surface area (Å²) in [6.07, 6.45) is 2.64. The lowest BCUT2D eigenvalue weighted by molar-refractivity contribution is -0.0712. The first-order valence-corrected chi connectivity index (χ1v) is 6.64. The SMILES string of the molecule is CCCCOC[C@@H]1CN(CC(C)C)CCO1. The highest BCUT2D eigenvalue weighted by Gasteiger charge is 2.20. The predicted molar refractivity (Wildman–Crippen MR) is 66.7 cm³/mol. The minimum Gasteiger partial charge on any atom is -0.379 e. The molecule has 0 aromatic heterocycles. The van der Waals surface area contributed by atoms with E-state index in [4.69, 9.17) is 9.47 Å². The maximum atomic E-state index is 5.70. The van der Waals surface area contributed by atoms with Crippen molar-refractivity contribution in [3.63, 3.8) is 0 Å². The average Bonchev–Trinajstić information content (AvgIpc) is 2.24. The van der Waals surface area contributed by atoms with Crippen molar-refractivity contribution >= 4 is 0 Å². The lowest BCUT2D eigenvalue weighted by Gasteiger charge is -2.33. The molecule has 1 aliphatic rings. The van der Waals surface area contributed by atoms with E-state index in [9.17, 15) is 0 Å². The van der Waals surface area contributed by atoms with E-state index < -0.39 is 0 Å². The highest BCUT2D eigenvalue weighted by molar-refractivity contribution is 4.71. The fourth-order valence-corrected chi connectivity index (χ4v) is 2.02. The summed E-state index contributed by atoms with van der Waals surface area (Å²) in [4.78, 5) is 2.49. The molecule has 0 aliphatic carbocycles. The molecule has 1 saturated heterocycles. The minimum absolute atomic E-state index is 0.282. The fraction of sp³-hybridized carbons (Fsp3) is 1.00. The van der Waals surface area contributed by atoms with Crippen LogP contribution in [-0.4, -0.2) is 50.5 Å². The summed E-state index contributed by atoms with van der Waals surface area (Å²) >= 11 is 0. The molecule has 0 aromatic rings. The van der Waals surface area contributed by atoms with E-state index in [1.54, 1.807) is 0 Å². The summed E-state index contributed by atoms with van der Waals surface area (Å²) in [5.41, 5.74) is 0. The number of ether oxygens (including phenoxy) is 2. The van der Waals surface area contributed by atoms with Crippen molar-refractivity contribution in [2.45, 2.75) is 39.7 Å². The van der Waals surface area contributed by atoms with Crippen LogP contribution in [0.4, 0.5) is 0 Å². The summed E-state index contributed by atoms with van der Waals surface area (Å²) in [6.45, 7) is 12.5. The standard InChI is InChI=1S/C13H27NO2/c1-4-5-7-15-11-13-10-14(6-8-16-13)9-12(2)3/h12-13H,4-11H2,1-3H3/t13-/m0/s1. The Morgan fingerprint density at radius 1 is 1.44 bits per heavy atom. The third-order valence-corrected chi connectivity index (χ3v) is 2.79. The van der Waals surface area contributed by atoms with Gasteiger partial charge < -0.3 is 9.47 Å². The predicted octanol–water partition coefficient (Wildman–Crippen LogP) is 2.16. The van der Waals surface area contributed by atoms with Crippen molar-refractivity contribution in [1.82, 2.24) is 4.90 Å². The van der Waals surface area contributed by atoms with Crippen LogP contribution in [0.5, 0.6) is 0 Å². The fourth-order valence-electron chi connectivity index (χ4n) is 2.02. The molecule has 0 N–H and O–H groups in total. The van der Waals surface area contributed by atoms with Gasteiger partial charge in [0.25, 0.3) is 0 Å². The van der Waals surface area contributed by atoms with Crippen molar-refractivity contribution in [1.29, 1.82) is 0 Å².